The summed E-state index contributed by atoms with van der Waals surface area (Å²) in [6, 6.07) is 4.62. The van der Waals surface area contributed by atoms with Crippen molar-refractivity contribution in [2.24, 2.45) is 28.6 Å². The summed E-state index contributed by atoms with van der Waals surface area (Å²) in [6.45, 7) is 9.55. The number of rotatable bonds is 4. The summed E-state index contributed by atoms with van der Waals surface area (Å²) >= 11 is 0. The zero-order valence-corrected chi connectivity index (χ0v) is 18.7. The van der Waals surface area contributed by atoms with Crippen LogP contribution < -0.4 is 5.32 Å². The standard InChI is InChI=1S/C23H35NO3S/c1-15-7-8-20-22(2,3)9-6-10-23(20,4)19(15)14-28(27)18-12-16(21(26)24-5)11-17(25)13-18/h11-13,15,19-20,25H,6-10,14H2,1-5H3,(H,24,26). The molecule has 2 aliphatic rings. The van der Waals surface area contributed by atoms with E-state index in [9.17, 15) is 14.1 Å². The summed E-state index contributed by atoms with van der Waals surface area (Å²) in [4.78, 5) is 12.5. The van der Waals surface area contributed by atoms with Gasteiger partial charge in [-0.3, -0.25) is 9.00 Å². The van der Waals surface area contributed by atoms with Gasteiger partial charge in [0.2, 0.25) is 0 Å². The molecule has 0 spiro atoms. The van der Waals surface area contributed by atoms with Crippen molar-refractivity contribution in [3.8, 4) is 5.75 Å². The highest BCUT2D eigenvalue weighted by molar-refractivity contribution is 7.85. The van der Waals surface area contributed by atoms with Gasteiger partial charge in [0.1, 0.15) is 5.75 Å². The molecule has 0 bridgehead atoms. The van der Waals surface area contributed by atoms with Crippen molar-refractivity contribution in [1.82, 2.24) is 5.32 Å². The van der Waals surface area contributed by atoms with E-state index in [1.54, 1.807) is 19.2 Å². The van der Waals surface area contributed by atoms with E-state index in [1.807, 2.05) is 0 Å². The zero-order valence-electron chi connectivity index (χ0n) is 17.9. The van der Waals surface area contributed by atoms with Gasteiger partial charge in [0.25, 0.3) is 5.91 Å². The van der Waals surface area contributed by atoms with E-state index in [0.717, 1.165) is 0 Å². The third-order valence-electron chi connectivity index (χ3n) is 7.69. The molecule has 0 aliphatic heterocycles. The molecule has 0 saturated heterocycles. The molecule has 2 aliphatic carbocycles. The summed E-state index contributed by atoms with van der Waals surface area (Å²) in [5, 5.41) is 12.6. The maximum atomic E-state index is 13.3. The number of aromatic hydroxyl groups is 1. The third-order valence-corrected chi connectivity index (χ3v) is 9.12. The maximum absolute atomic E-state index is 13.3. The average molecular weight is 406 g/mol. The van der Waals surface area contributed by atoms with Crippen LogP contribution in [-0.2, 0) is 10.8 Å². The first-order chi connectivity index (χ1) is 13.1. The second-order valence-electron chi connectivity index (χ2n) is 9.87. The Morgan fingerprint density at radius 1 is 1.21 bits per heavy atom. The molecule has 2 N–H and O–H groups in total. The quantitative estimate of drug-likeness (QED) is 0.760. The van der Waals surface area contributed by atoms with Gasteiger partial charge in [-0.25, -0.2) is 0 Å². The van der Waals surface area contributed by atoms with Gasteiger partial charge < -0.3 is 10.4 Å². The van der Waals surface area contributed by atoms with Gasteiger partial charge in [-0.1, -0.05) is 40.5 Å². The lowest BCUT2D eigenvalue weighted by Crippen LogP contribution is -2.52. The van der Waals surface area contributed by atoms with E-state index in [-0.39, 0.29) is 17.1 Å². The van der Waals surface area contributed by atoms with Gasteiger partial charge in [-0.05, 0) is 66.0 Å². The summed E-state index contributed by atoms with van der Waals surface area (Å²) < 4.78 is 13.3. The fourth-order valence-electron chi connectivity index (χ4n) is 6.22. The molecule has 1 aromatic rings. The van der Waals surface area contributed by atoms with Crippen LogP contribution in [0.5, 0.6) is 5.75 Å². The number of carbonyl (C=O) groups excluding carboxylic acids is 1. The van der Waals surface area contributed by atoms with Gasteiger partial charge in [0.15, 0.2) is 0 Å². The number of nitrogens with one attached hydrogen (secondary N) is 1. The van der Waals surface area contributed by atoms with Crippen molar-refractivity contribution in [1.29, 1.82) is 0 Å². The monoisotopic (exact) mass is 405 g/mol. The maximum Gasteiger partial charge on any atom is 0.251 e. The summed E-state index contributed by atoms with van der Waals surface area (Å²) in [7, 11) is 0.308. The molecule has 0 heterocycles. The van der Waals surface area contributed by atoms with Gasteiger partial charge in [-0.15, -0.1) is 0 Å². The van der Waals surface area contributed by atoms with E-state index >= 15 is 0 Å². The van der Waals surface area contributed by atoms with Gasteiger partial charge in [0, 0.05) is 23.3 Å². The predicted molar refractivity (Wildman–Crippen MR) is 114 cm³/mol. The number of hydrogen-bond donors (Lipinski definition) is 2. The van der Waals surface area contributed by atoms with Gasteiger partial charge in [-0.2, -0.15) is 0 Å². The second kappa shape index (κ2) is 7.81. The molecule has 5 atom stereocenters. The first kappa shape index (κ1) is 21.4. The van der Waals surface area contributed by atoms with E-state index in [1.165, 1.54) is 38.2 Å². The van der Waals surface area contributed by atoms with Crippen LogP contribution in [0.1, 0.15) is 70.2 Å². The number of amides is 1. The molecule has 3 rings (SSSR count). The fraction of sp³-hybridized carbons (Fsp3) is 0.696. The Bertz CT molecular complexity index is 775. The molecule has 4 nitrogen and oxygen atoms in total. The SMILES string of the molecule is CNC(=O)c1cc(O)cc(S(=O)CC2C(C)CCC3C(C)(C)CCCC23C)c1. The molecular weight excluding hydrogens is 370 g/mol. The number of phenolic OH excluding ortho intramolecular Hbond substituents is 1. The lowest BCUT2D eigenvalue weighted by atomic mass is 9.47. The second-order valence-corrected chi connectivity index (χ2v) is 11.4. The van der Waals surface area contributed by atoms with Crippen LogP contribution >= 0.6 is 0 Å². The minimum Gasteiger partial charge on any atom is -0.508 e. The van der Waals surface area contributed by atoms with Gasteiger partial charge in [0.05, 0.1) is 10.8 Å². The molecule has 156 valence electrons. The molecule has 2 fully saturated rings. The Morgan fingerprint density at radius 3 is 2.61 bits per heavy atom. The zero-order chi connectivity index (χ0) is 20.7. The van der Waals surface area contributed by atoms with Crippen LogP contribution in [-0.4, -0.2) is 28.0 Å². The molecule has 28 heavy (non-hydrogen) atoms. The van der Waals surface area contributed by atoms with E-state index in [4.69, 9.17) is 0 Å². The summed E-state index contributed by atoms with van der Waals surface area (Å²) in [5.74, 6) is 1.90. The Balaban J connectivity index is 1.88. The molecule has 5 heteroatoms. The van der Waals surface area contributed by atoms with Crippen molar-refractivity contribution in [2.75, 3.05) is 12.8 Å². The van der Waals surface area contributed by atoms with Crippen LogP contribution in [0.4, 0.5) is 0 Å². The van der Waals surface area contributed by atoms with E-state index < -0.39 is 10.8 Å². The number of fused-ring (bicyclic) bond motifs is 1. The Hall–Kier alpha value is -1.36. The minimum atomic E-state index is -1.25. The number of carbonyl (C=O) groups is 1. The van der Waals surface area contributed by atoms with Crippen LogP contribution in [0.2, 0.25) is 0 Å². The number of hydrogen-bond acceptors (Lipinski definition) is 3. The average Bonchev–Trinajstić information content (AvgIpc) is 2.62. The molecule has 0 radical (unpaired) electrons. The lowest BCUT2D eigenvalue weighted by Gasteiger charge is -2.59. The van der Waals surface area contributed by atoms with Crippen LogP contribution in [0.15, 0.2) is 23.1 Å². The van der Waals surface area contributed by atoms with E-state index in [2.05, 4.69) is 33.0 Å². The molecule has 0 aromatic heterocycles. The normalized spacial score (nSPS) is 33.0. The highest BCUT2D eigenvalue weighted by Gasteiger charge is 2.53. The third kappa shape index (κ3) is 3.87. The first-order valence-electron chi connectivity index (χ1n) is 10.5. The molecule has 5 unspecified atom stereocenters. The number of phenols is 1. The minimum absolute atomic E-state index is 0.0102. The van der Waals surface area contributed by atoms with Crippen LogP contribution in [0, 0.1) is 28.6 Å². The highest BCUT2D eigenvalue weighted by atomic mass is 32.2. The molecule has 1 amide bonds. The van der Waals surface area contributed by atoms with Crippen molar-refractivity contribution >= 4 is 16.7 Å². The van der Waals surface area contributed by atoms with Crippen molar-refractivity contribution in [3.05, 3.63) is 23.8 Å². The highest BCUT2D eigenvalue weighted by Crippen LogP contribution is 2.61. The fourth-order valence-corrected chi connectivity index (χ4v) is 7.95. The first-order valence-corrected chi connectivity index (χ1v) is 11.8. The van der Waals surface area contributed by atoms with Crippen LogP contribution in [0.3, 0.4) is 0 Å². The van der Waals surface area contributed by atoms with Crippen LogP contribution in [0.25, 0.3) is 0 Å². The summed E-state index contributed by atoms with van der Waals surface area (Å²) in [5.41, 5.74) is 0.894. The lowest BCUT2D eigenvalue weighted by molar-refractivity contribution is -0.0853. The van der Waals surface area contributed by atoms with Crippen molar-refractivity contribution in [2.45, 2.75) is 64.7 Å². The van der Waals surface area contributed by atoms with Crippen molar-refractivity contribution < 1.29 is 14.1 Å². The molecule has 2 saturated carbocycles. The van der Waals surface area contributed by atoms with E-state index in [0.29, 0.717) is 39.4 Å². The predicted octanol–water partition coefficient (Wildman–Crippen LogP) is 4.74. The molecule has 1 aromatic carbocycles. The van der Waals surface area contributed by atoms with Crippen molar-refractivity contribution in [3.63, 3.8) is 0 Å². The number of benzene rings is 1. The smallest absolute Gasteiger partial charge is 0.251 e. The molecular formula is C23H35NO3S. The van der Waals surface area contributed by atoms with Gasteiger partial charge >= 0.3 is 0 Å². The Labute approximate surface area is 172 Å². The topological polar surface area (TPSA) is 66.4 Å². The Kier molecular flexibility index (Phi) is 5.96. The largest absolute Gasteiger partial charge is 0.508 e. The summed E-state index contributed by atoms with van der Waals surface area (Å²) in [6.07, 6.45) is 6.18. The Morgan fingerprint density at radius 2 is 1.93 bits per heavy atom.